The van der Waals surface area contributed by atoms with Crippen molar-refractivity contribution in [3.05, 3.63) is 56.2 Å². The topological polar surface area (TPSA) is 12.0 Å². The summed E-state index contributed by atoms with van der Waals surface area (Å²) in [6.07, 6.45) is 0.855. The highest BCUT2D eigenvalue weighted by Gasteiger charge is 2.16. The second kappa shape index (κ2) is 6.58. The van der Waals surface area contributed by atoms with Gasteiger partial charge in [0.25, 0.3) is 0 Å². The highest BCUT2D eigenvalue weighted by atomic mass is 35.5. The van der Waals surface area contributed by atoms with Crippen LogP contribution < -0.4 is 5.32 Å². The summed E-state index contributed by atoms with van der Waals surface area (Å²) >= 11 is 14.1. The van der Waals surface area contributed by atoms with Crippen molar-refractivity contribution in [2.75, 3.05) is 6.54 Å². The Morgan fingerprint density at radius 1 is 1.17 bits per heavy atom. The smallest absolute Gasteiger partial charge is 0.0561 e. The van der Waals surface area contributed by atoms with E-state index in [1.807, 2.05) is 29.6 Å². The third-order valence-corrected chi connectivity index (χ3v) is 4.63. The third kappa shape index (κ3) is 3.27. The van der Waals surface area contributed by atoms with E-state index in [2.05, 4.69) is 18.3 Å². The van der Waals surface area contributed by atoms with Gasteiger partial charge in [-0.05, 0) is 36.0 Å². The van der Waals surface area contributed by atoms with E-state index >= 15 is 0 Å². The van der Waals surface area contributed by atoms with Crippen molar-refractivity contribution in [3.63, 3.8) is 0 Å². The minimum absolute atomic E-state index is 0.224. The van der Waals surface area contributed by atoms with E-state index < -0.39 is 0 Å². The quantitative estimate of drug-likeness (QED) is 0.824. The van der Waals surface area contributed by atoms with E-state index in [0.717, 1.165) is 28.6 Å². The van der Waals surface area contributed by atoms with Gasteiger partial charge >= 0.3 is 0 Å². The maximum atomic E-state index is 6.21. The van der Waals surface area contributed by atoms with Crippen LogP contribution in [0.15, 0.2) is 35.7 Å². The lowest BCUT2D eigenvalue weighted by molar-refractivity contribution is 0.558. The summed E-state index contributed by atoms with van der Waals surface area (Å²) in [6, 6.07) is 10.1. The Morgan fingerprint density at radius 2 is 1.94 bits per heavy atom. The molecule has 2 rings (SSSR count). The summed E-state index contributed by atoms with van der Waals surface area (Å²) in [5.74, 6) is 0. The molecular weight excluding hydrogens is 285 g/mol. The van der Waals surface area contributed by atoms with Gasteiger partial charge in [0, 0.05) is 15.9 Å². The van der Waals surface area contributed by atoms with Crippen molar-refractivity contribution in [3.8, 4) is 0 Å². The Labute approximate surface area is 122 Å². The molecule has 0 saturated heterocycles. The highest BCUT2D eigenvalue weighted by molar-refractivity contribution is 7.10. The van der Waals surface area contributed by atoms with Gasteiger partial charge in [-0.25, -0.2) is 0 Å². The maximum Gasteiger partial charge on any atom is 0.0561 e. The number of hydrogen-bond donors (Lipinski definition) is 1. The first kappa shape index (κ1) is 13.9. The molecule has 2 aromatic rings. The van der Waals surface area contributed by atoms with E-state index in [9.17, 15) is 0 Å². The number of nitrogens with one attached hydrogen (secondary N) is 1. The fourth-order valence-corrected chi connectivity index (χ4v) is 3.42. The summed E-state index contributed by atoms with van der Waals surface area (Å²) in [7, 11) is 0. The zero-order valence-electron chi connectivity index (χ0n) is 10.1. The minimum atomic E-state index is 0.224. The van der Waals surface area contributed by atoms with Crippen LogP contribution in [0.3, 0.4) is 0 Å². The average Bonchev–Trinajstić information content (AvgIpc) is 2.78. The molecule has 1 atom stereocenters. The third-order valence-electron chi connectivity index (χ3n) is 2.79. The monoisotopic (exact) mass is 299 g/mol. The van der Waals surface area contributed by atoms with E-state index in [0.29, 0.717) is 0 Å². The molecule has 0 amide bonds. The van der Waals surface area contributed by atoms with Crippen LogP contribution in [0.2, 0.25) is 10.0 Å². The van der Waals surface area contributed by atoms with Gasteiger partial charge < -0.3 is 5.32 Å². The molecular formula is C14H15Cl2NS. The first-order valence-corrected chi connectivity index (χ1v) is 7.55. The van der Waals surface area contributed by atoms with E-state index in [1.165, 1.54) is 4.88 Å². The van der Waals surface area contributed by atoms with Crippen molar-refractivity contribution in [2.45, 2.75) is 19.4 Å². The molecule has 4 heteroatoms. The fraction of sp³-hybridized carbons (Fsp3) is 0.286. The SMILES string of the molecule is CCNC(Cc1ccccc1Cl)c1sccc1Cl. The van der Waals surface area contributed by atoms with Gasteiger partial charge in [0.15, 0.2) is 0 Å². The zero-order valence-corrected chi connectivity index (χ0v) is 12.4. The second-order valence-electron chi connectivity index (χ2n) is 4.04. The summed E-state index contributed by atoms with van der Waals surface area (Å²) in [5.41, 5.74) is 1.15. The minimum Gasteiger partial charge on any atom is -0.309 e. The summed E-state index contributed by atoms with van der Waals surface area (Å²) in [6.45, 7) is 3.00. The molecule has 1 nitrogen and oxygen atoms in total. The van der Waals surface area contributed by atoms with Gasteiger partial charge in [-0.15, -0.1) is 11.3 Å². The van der Waals surface area contributed by atoms with Gasteiger partial charge in [-0.2, -0.15) is 0 Å². The van der Waals surface area contributed by atoms with Crippen LogP contribution in [0, 0.1) is 0 Å². The van der Waals surface area contributed by atoms with Gasteiger partial charge in [0.05, 0.1) is 5.02 Å². The zero-order chi connectivity index (χ0) is 13.0. The Bertz CT molecular complexity index is 510. The average molecular weight is 300 g/mol. The first-order chi connectivity index (χ1) is 8.72. The number of rotatable bonds is 5. The number of hydrogen-bond acceptors (Lipinski definition) is 2. The van der Waals surface area contributed by atoms with E-state index in [4.69, 9.17) is 23.2 Å². The molecule has 0 aliphatic carbocycles. The van der Waals surface area contributed by atoms with Crippen molar-refractivity contribution in [2.24, 2.45) is 0 Å². The van der Waals surface area contributed by atoms with E-state index in [-0.39, 0.29) is 6.04 Å². The molecule has 1 heterocycles. The van der Waals surface area contributed by atoms with Crippen LogP contribution in [0.25, 0.3) is 0 Å². The largest absolute Gasteiger partial charge is 0.309 e. The molecule has 1 N–H and O–H groups in total. The summed E-state index contributed by atoms with van der Waals surface area (Å²) < 4.78 is 0. The van der Waals surface area contributed by atoms with Crippen LogP contribution in [0.1, 0.15) is 23.4 Å². The van der Waals surface area contributed by atoms with Gasteiger partial charge in [-0.3, -0.25) is 0 Å². The molecule has 18 heavy (non-hydrogen) atoms. The normalized spacial score (nSPS) is 12.6. The predicted octanol–water partition coefficient (Wildman–Crippen LogP) is 4.95. The van der Waals surface area contributed by atoms with Crippen LogP contribution >= 0.6 is 34.5 Å². The number of halogens is 2. The number of benzene rings is 1. The van der Waals surface area contributed by atoms with Gasteiger partial charge in [0.2, 0.25) is 0 Å². The Kier molecular flexibility index (Phi) is 5.07. The summed E-state index contributed by atoms with van der Waals surface area (Å²) in [4.78, 5) is 1.18. The van der Waals surface area contributed by atoms with E-state index in [1.54, 1.807) is 11.3 Å². The lowest BCUT2D eigenvalue weighted by atomic mass is 10.0. The Morgan fingerprint density at radius 3 is 2.56 bits per heavy atom. The molecule has 0 aliphatic heterocycles. The standard InChI is InChI=1S/C14H15Cl2NS/c1-2-17-13(14-12(16)7-8-18-14)9-10-5-3-4-6-11(10)15/h3-8,13,17H,2,9H2,1H3. The predicted molar refractivity (Wildman–Crippen MR) is 80.9 cm³/mol. The van der Waals surface area contributed by atoms with Crippen LogP contribution in [-0.4, -0.2) is 6.54 Å². The first-order valence-electron chi connectivity index (χ1n) is 5.92. The van der Waals surface area contributed by atoms with Crippen molar-refractivity contribution in [1.82, 2.24) is 5.32 Å². The van der Waals surface area contributed by atoms with Gasteiger partial charge in [0.1, 0.15) is 0 Å². The molecule has 0 saturated carbocycles. The highest BCUT2D eigenvalue weighted by Crippen LogP contribution is 2.32. The number of likely N-dealkylation sites (N-methyl/N-ethyl adjacent to an activating group) is 1. The number of thiophene rings is 1. The summed E-state index contributed by atoms with van der Waals surface area (Å²) in [5, 5.41) is 7.14. The molecule has 1 aromatic heterocycles. The molecule has 96 valence electrons. The molecule has 0 aliphatic rings. The van der Waals surface area contributed by atoms with Crippen molar-refractivity contribution in [1.29, 1.82) is 0 Å². The molecule has 0 fully saturated rings. The van der Waals surface area contributed by atoms with Crippen molar-refractivity contribution >= 4 is 34.5 Å². The van der Waals surface area contributed by atoms with Crippen molar-refractivity contribution < 1.29 is 0 Å². The maximum absolute atomic E-state index is 6.21. The Hall–Kier alpha value is -0.540. The Balaban J connectivity index is 2.22. The van der Waals surface area contributed by atoms with Crippen LogP contribution in [-0.2, 0) is 6.42 Å². The lowest BCUT2D eigenvalue weighted by Gasteiger charge is -2.18. The lowest BCUT2D eigenvalue weighted by Crippen LogP contribution is -2.22. The molecule has 1 aromatic carbocycles. The van der Waals surface area contributed by atoms with Gasteiger partial charge in [-0.1, -0.05) is 48.3 Å². The van der Waals surface area contributed by atoms with Crippen LogP contribution in [0.5, 0.6) is 0 Å². The second-order valence-corrected chi connectivity index (χ2v) is 5.80. The molecule has 0 spiro atoms. The molecule has 0 bridgehead atoms. The fourth-order valence-electron chi connectivity index (χ4n) is 1.94. The van der Waals surface area contributed by atoms with Crippen LogP contribution in [0.4, 0.5) is 0 Å². The molecule has 1 unspecified atom stereocenters. The molecule has 0 radical (unpaired) electrons.